The molecule has 4 heteroatoms. The van der Waals surface area contributed by atoms with Crippen LogP contribution in [0, 0.1) is 27.7 Å². The maximum Gasteiger partial charge on any atom is 0.268 e. The van der Waals surface area contributed by atoms with E-state index in [-0.39, 0.29) is 11.3 Å². The van der Waals surface area contributed by atoms with Gasteiger partial charge in [0.15, 0.2) is 0 Å². The van der Waals surface area contributed by atoms with Crippen LogP contribution in [0.15, 0.2) is 48.5 Å². The van der Waals surface area contributed by atoms with Crippen molar-refractivity contribution in [3.05, 3.63) is 98.6 Å². The first-order valence-electron chi connectivity index (χ1n) is 9.77. The quantitative estimate of drug-likeness (QED) is 0.344. The molecule has 3 aromatic rings. The highest BCUT2D eigenvalue weighted by atomic mass is 16.3. The summed E-state index contributed by atoms with van der Waals surface area (Å²) in [5.41, 5.74) is 11.2. The number of hydrazine groups is 1. The van der Waals surface area contributed by atoms with E-state index in [4.69, 9.17) is 5.84 Å². The molecule has 0 heterocycles. The van der Waals surface area contributed by atoms with Gasteiger partial charge < -0.3 is 5.11 Å². The molecule has 4 nitrogen and oxygen atoms in total. The van der Waals surface area contributed by atoms with Gasteiger partial charge in [-0.05, 0) is 84.7 Å². The minimum Gasteiger partial charge on any atom is -0.507 e. The molecule has 3 rings (SSSR count). The Kier molecular flexibility index (Phi) is 6.04. The maximum atomic E-state index is 12.3. The molecule has 0 saturated heterocycles. The van der Waals surface area contributed by atoms with E-state index in [0.717, 1.165) is 16.7 Å². The second kappa shape index (κ2) is 8.50. The summed E-state index contributed by atoms with van der Waals surface area (Å²) in [5, 5.41) is 10.8. The first-order chi connectivity index (χ1) is 13.8. The van der Waals surface area contributed by atoms with Crippen molar-refractivity contribution in [1.82, 2.24) is 5.43 Å². The molecule has 1 amide bonds. The third kappa shape index (κ3) is 4.33. The molecule has 4 N–H and O–H groups in total. The van der Waals surface area contributed by atoms with Crippen LogP contribution in [-0.4, -0.2) is 11.0 Å². The molecule has 0 aliphatic heterocycles. The molecule has 0 atom stereocenters. The largest absolute Gasteiger partial charge is 0.507 e. The lowest BCUT2D eigenvalue weighted by Gasteiger charge is -2.15. The monoisotopic (exact) mass is 388 g/mol. The van der Waals surface area contributed by atoms with Gasteiger partial charge in [-0.2, -0.15) is 0 Å². The van der Waals surface area contributed by atoms with E-state index < -0.39 is 5.91 Å². The van der Waals surface area contributed by atoms with Crippen molar-refractivity contribution in [1.29, 1.82) is 0 Å². The van der Waals surface area contributed by atoms with Crippen molar-refractivity contribution in [2.45, 2.75) is 40.5 Å². The zero-order valence-corrected chi connectivity index (χ0v) is 17.5. The summed E-state index contributed by atoms with van der Waals surface area (Å²) in [5.74, 6) is 4.85. The number of carbonyl (C=O) groups is 1. The molecule has 0 spiro atoms. The molecular formula is C25H28N2O2. The number of nitrogen functional groups attached to an aromatic ring is 1. The predicted octanol–water partition coefficient (Wildman–Crippen LogP) is 4.41. The van der Waals surface area contributed by atoms with Crippen molar-refractivity contribution in [3.8, 4) is 5.75 Å². The Morgan fingerprint density at radius 3 is 1.97 bits per heavy atom. The number of rotatable bonds is 5. The highest BCUT2D eigenvalue weighted by Gasteiger charge is 2.17. The van der Waals surface area contributed by atoms with Crippen LogP contribution in [0.4, 0.5) is 0 Å². The number of aromatic hydroxyl groups is 1. The fourth-order valence-corrected chi connectivity index (χ4v) is 3.68. The van der Waals surface area contributed by atoms with Crippen molar-refractivity contribution < 1.29 is 9.90 Å². The van der Waals surface area contributed by atoms with Crippen LogP contribution in [0.25, 0.3) is 0 Å². The number of nitrogens with one attached hydrogen (secondary N) is 1. The van der Waals surface area contributed by atoms with Gasteiger partial charge in [0, 0.05) is 6.42 Å². The molecule has 0 fully saturated rings. The van der Waals surface area contributed by atoms with Gasteiger partial charge in [0.1, 0.15) is 5.75 Å². The number of carbonyl (C=O) groups excluding carboxylic acids is 1. The van der Waals surface area contributed by atoms with E-state index in [1.807, 2.05) is 18.2 Å². The highest BCUT2D eigenvalue weighted by molar-refractivity contribution is 5.97. The second-order valence-corrected chi connectivity index (χ2v) is 7.70. The fourth-order valence-electron chi connectivity index (χ4n) is 3.68. The number of aryl methyl sites for hydroxylation is 2. The summed E-state index contributed by atoms with van der Waals surface area (Å²) in [6.45, 7) is 8.35. The number of phenolic OH excluding ortho intramolecular Hbond substituents is 1. The average Bonchev–Trinajstić information content (AvgIpc) is 2.70. The number of amides is 1. The minimum atomic E-state index is -0.493. The van der Waals surface area contributed by atoms with E-state index >= 15 is 0 Å². The Morgan fingerprint density at radius 2 is 1.41 bits per heavy atom. The average molecular weight is 389 g/mol. The summed E-state index contributed by atoms with van der Waals surface area (Å²) < 4.78 is 0. The first kappa shape index (κ1) is 20.6. The molecule has 0 aliphatic carbocycles. The SMILES string of the molecule is Cc1cccc(Cc2cc(Cc3cccc(C)c3C)c(O)c(C(=O)NN)c2)c1C. The van der Waals surface area contributed by atoms with Crippen LogP contribution in [0.2, 0.25) is 0 Å². The molecule has 150 valence electrons. The fraction of sp³-hybridized carbons (Fsp3) is 0.240. The van der Waals surface area contributed by atoms with E-state index in [1.54, 1.807) is 6.07 Å². The van der Waals surface area contributed by atoms with E-state index in [2.05, 4.69) is 57.4 Å². The Bertz CT molecular complexity index is 1070. The maximum absolute atomic E-state index is 12.3. The van der Waals surface area contributed by atoms with Crippen LogP contribution in [0.1, 0.15) is 54.9 Å². The predicted molar refractivity (Wildman–Crippen MR) is 117 cm³/mol. The number of hydrogen-bond donors (Lipinski definition) is 3. The molecule has 0 unspecified atom stereocenters. The van der Waals surface area contributed by atoms with Crippen LogP contribution in [-0.2, 0) is 12.8 Å². The van der Waals surface area contributed by atoms with Gasteiger partial charge in [-0.1, -0.05) is 42.5 Å². The third-order valence-electron chi connectivity index (χ3n) is 5.83. The standard InChI is InChI=1S/C25H28N2O2/c1-15-7-5-9-20(17(15)3)11-19-12-22(24(28)23(13-19)25(29)27-26)14-21-10-6-8-16(2)18(21)4/h5-10,12-13,28H,11,14,26H2,1-4H3,(H,27,29). The topological polar surface area (TPSA) is 75.3 Å². The van der Waals surface area contributed by atoms with Crippen molar-refractivity contribution in [2.75, 3.05) is 0 Å². The first-order valence-corrected chi connectivity index (χ1v) is 9.77. The molecule has 29 heavy (non-hydrogen) atoms. The molecule has 0 saturated carbocycles. The Morgan fingerprint density at radius 1 is 0.862 bits per heavy atom. The van der Waals surface area contributed by atoms with E-state index in [9.17, 15) is 9.90 Å². The summed E-state index contributed by atoms with van der Waals surface area (Å²) >= 11 is 0. The molecule has 3 aromatic carbocycles. The Labute approximate surface area is 172 Å². The number of nitrogens with two attached hydrogens (primary N) is 1. The van der Waals surface area contributed by atoms with Gasteiger partial charge in [-0.15, -0.1) is 0 Å². The summed E-state index contributed by atoms with van der Waals surface area (Å²) in [6, 6.07) is 16.1. The summed E-state index contributed by atoms with van der Waals surface area (Å²) in [4.78, 5) is 12.3. The summed E-state index contributed by atoms with van der Waals surface area (Å²) in [6.07, 6.45) is 1.23. The van der Waals surface area contributed by atoms with Crippen molar-refractivity contribution in [2.24, 2.45) is 5.84 Å². The Balaban J connectivity index is 2.07. The van der Waals surface area contributed by atoms with E-state index in [1.165, 1.54) is 27.8 Å². The highest BCUT2D eigenvalue weighted by Crippen LogP contribution is 2.30. The zero-order chi connectivity index (χ0) is 21.1. The molecule has 0 bridgehead atoms. The normalized spacial score (nSPS) is 10.8. The van der Waals surface area contributed by atoms with Gasteiger partial charge in [0.2, 0.25) is 0 Å². The summed E-state index contributed by atoms with van der Waals surface area (Å²) in [7, 11) is 0. The van der Waals surface area contributed by atoms with Gasteiger partial charge in [0.05, 0.1) is 5.56 Å². The minimum absolute atomic E-state index is 0.0152. The van der Waals surface area contributed by atoms with Crippen LogP contribution < -0.4 is 11.3 Å². The lowest BCUT2D eigenvalue weighted by atomic mass is 9.91. The lowest BCUT2D eigenvalue weighted by Crippen LogP contribution is -2.30. The number of benzene rings is 3. The molecule has 0 radical (unpaired) electrons. The van der Waals surface area contributed by atoms with Gasteiger partial charge in [-0.25, -0.2) is 5.84 Å². The van der Waals surface area contributed by atoms with E-state index in [0.29, 0.717) is 12.8 Å². The molecular weight excluding hydrogens is 360 g/mol. The Hall–Kier alpha value is -3.11. The smallest absolute Gasteiger partial charge is 0.268 e. The molecule has 0 aromatic heterocycles. The van der Waals surface area contributed by atoms with Crippen molar-refractivity contribution >= 4 is 5.91 Å². The van der Waals surface area contributed by atoms with Crippen LogP contribution in [0.3, 0.4) is 0 Å². The molecule has 0 aliphatic rings. The van der Waals surface area contributed by atoms with Crippen molar-refractivity contribution in [3.63, 3.8) is 0 Å². The van der Waals surface area contributed by atoms with Gasteiger partial charge >= 0.3 is 0 Å². The zero-order valence-electron chi connectivity index (χ0n) is 17.5. The van der Waals surface area contributed by atoms with Crippen LogP contribution >= 0.6 is 0 Å². The number of hydrogen-bond acceptors (Lipinski definition) is 3. The van der Waals surface area contributed by atoms with Gasteiger partial charge in [0.25, 0.3) is 5.91 Å². The number of phenols is 1. The van der Waals surface area contributed by atoms with Gasteiger partial charge in [-0.3, -0.25) is 10.2 Å². The van der Waals surface area contributed by atoms with Crippen LogP contribution in [0.5, 0.6) is 5.75 Å². The second-order valence-electron chi connectivity index (χ2n) is 7.70. The lowest BCUT2D eigenvalue weighted by molar-refractivity contribution is 0.0950. The third-order valence-corrected chi connectivity index (χ3v) is 5.83.